The first-order valence-corrected chi connectivity index (χ1v) is 8.19. The van der Waals surface area contributed by atoms with Gasteiger partial charge < -0.3 is 19.7 Å². The molecule has 0 saturated carbocycles. The largest absolute Gasteiger partial charge is 0.471 e. The van der Waals surface area contributed by atoms with Crippen molar-refractivity contribution in [3.63, 3.8) is 0 Å². The monoisotopic (exact) mass is 366 g/mol. The van der Waals surface area contributed by atoms with E-state index < -0.39 is 17.9 Å². The lowest BCUT2D eigenvalue weighted by atomic mass is 10.0. The molecule has 3 aliphatic rings. The van der Waals surface area contributed by atoms with Gasteiger partial charge in [-0.05, 0) is 0 Å². The average Bonchev–Trinajstić information content (AvgIpc) is 3.05. The molecule has 0 aromatic heterocycles. The number of amides is 1. The van der Waals surface area contributed by atoms with Crippen LogP contribution in [0.4, 0.5) is 13.2 Å². The molecule has 3 saturated heterocycles. The van der Waals surface area contributed by atoms with E-state index in [9.17, 15) is 22.8 Å². The van der Waals surface area contributed by atoms with Crippen LogP contribution in [0.15, 0.2) is 13.2 Å². The maximum atomic E-state index is 12.1. The number of piperidine rings is 2. The minimum Gasteiger partial charge on any atom is -0.347 e. The van der Waals surface area contributed by atoms with Crippen molar-refractivity contribution in [3.8, 4) is 0 Å². The highest BCUT2D eigenvalue weighted by atomic mass is 19.4. The third-order valence-electron chi connectivity index (χ3n) is 4.03. The Balaban J connectivity index is 0.000000290. The van der Waals surface area contributed by atoms with E-state index in [0.717, 1.165) is 30.8 Å². The maximum Gasteiger partial charge on any atom is 0.471 e. The van der Waals surface area contributed by atoms with Gasteiger partial charge >= 0.3 is 12.1 Å². The lowest BCUT2D eigenvalue weighted by Gasteiger charge is -2.37. The van der Waals surface area contributed by atoms with Crippen molar-refractivity contribution in [2.75, 3.05) is 39.4 Å². The Hall–Kier alpha value is -1.45. The van der Waals surface area contributed by atoms with Gasteiger partial charge in [0, 0.05) is 51.9 Å². The topological polar surface area (TPSA) is 67.9 Å². The summed E-state index contributed by atoms with van der Waals surface area (Å²) in [5.74, 6) is -2.12. The third kappa shape index (κ3) is 6.75. The Morgan fingerprint density at radius 3 is 1.92 bits per heavy atom. The molecule has 0 radical (unpaired) electrons. The molecule has 0 aromatic carbocycles. The van der Waals surface area contributed by atoms with Crippen LogP contribution in [0, 0.1) is 0 Å². The number of ketones is 1. The first-order valence-electron chi connectivity index (χ1n) is 8.19. The normalized spacial score (nSPS) is 22.5. The molecule has 0 unspecified atom stereocenters. The number of Topliss-reactive ketones (excluding diaryl/α,β-unsaturated/α-hetero) is 1. The molecule has 144 valence electrons. The molecule has 9 heteroatoms. The van der Waals surface area contributed by atoms with E-state index in [4.69, 9.17) is 9.47 Å². The van der Waals surface area contributed by atoms with E-state index in [-0.39, 0.29) is 13.1 Å². The average molecular weight is 366 g/mol. The zero-order valence-corrected chi connectivity index (χ0v) is 14.2. The molecule has 0 aliphatic carbocycles. The number of likely N-dealkylation sites (tertiary alicyclic amines) is 1. The molecule has 1 N–H and O–H groups in total. The van der Waals surface area contributed by atoms with Crippen molar-refractivity contribution in [2.45, 2.75) is 37.6 Å². The summed E-state index contributed by atoms with van der Waals surface area (Å²) in [5, 5.41) is 3.09. The van der Waals surface area contributed by atoms with Gasteiger partial charge in [-0.3, -0.25) is 9.59 Å². The molecule has 3 aliphatic heterocycles. The fourth-order valence-corrected chi connectivity index (χ4v) is 2.72. The summed E-state index contributed by atoms with van der Waals surface area (Å²) in [5.41, 5.74) is 0. The van der Waals surface area contributed by atoms with E-state index in [1.165, 1.54) is 0 Å². The third-order valence-corrected chi connectivity index (χ3v) is 4.03. The van der Waals surface area contributed by atoms with E-state index in [1.807, 2.05) is 0 Å². The SMILES string of the molecule is C=C.O=C(N1CCC2(CC1)OCCO2)C(F)(F)F.O=C1CCNCC1. The molecule has 3 fully saturated rings. The van der Waals surface area contributed by atoms with Crippen LogP contribution in [0.5, 0.6) is 0 Å². The molecule has 1 amide bonds. The standard InChI is InChI=1S/C9H12F3NO3.C5H9NO.C2H4/c10-9(11,12)7(14)13-3-1-8(2-4-13)15-5-6-16-8;7-5-1-3-6-4-2-5;1-2/h1-6H2;6H,1-4H2;1-2H2. The number of carbonyl (C=O) groups is 2. The molecule has 6 nitrogen and oxygen atoms in total. The lowest BCUT2D eigenvalue weighted by Crippen LogP contribution is -2.50. The summed E-state index contributed by atoms with van der Waals surface area (Å²) in [6.07, 6.45) is -2.72. The second-order valence-electron chi connectivity index (χ2n) is 5.69. The highest BCUT2D eigenvalue weighted by molar-refractivity contribution is 5.82. The molecule has 3 rings (SSSR count). The van der Waals surface area contributed by atoms with Crippen molar-refractivity contribution < 1.29 is 32.2 Å². The Morgan fingerprint density at radius 1 is 1.08 bits per heavy atom. The Bertz CT molecular complexity index is 433. The van der Waals surface area contributed by atoms with Crippen LogP contribution < -0.4 is 5.32 Å². The Labute approximate surface area is 145 Å². The second kappa shape index (κ2) is 9.88. The van der Waals surface area contributed by atoms with Gasteiger partial charge in [0.05, 0.1) is 13.2 Å². The van der Waals surface area contributed by atoms with Crippen LogP contribution >= 0.6 is 0 Å². The quantitative estimate of drug-likeness (QED) is 0.661. The number of hydrogen-bond acceptors (Lipinski definition) is 5. The molecule has 25 heavy (non-hydrogen) atoms. The number of hydrogen-bond donors (Lipinski definition) is 1. The van der Waals surface area contributed by atoms with Crippen LogP contribution in [-0.4, -0.2) is 67.9 Å². The van der Waals surface area contributed by atoms with Gasteiger partial charge in [-0.1, -0.05) is 0 Å². The predicted molar refractivity (Wildman–Crippen MR) is 84.9 cm³/mol. The van der Waals surface area contributed by atoms with Gasteiger partial charge in [-0.25, -0.2) is 0 Å². The van der Waals surface area contributed by atoms with Gasteiger partial charge in [0.15, 0.2) is 5.79 Å². The Morgan fingerprint density at radius 2 is 1.56 bits per heavy atom. The number of nitrogens with one attached hydrogen (secondary N) is 1. The molecular formula is C16H25F3N2O4. The fraction of sp³-hybridized carbons (Fsp3) is 0.750. The smallest absolute Gasteiger partial charge is 0.347 e. The molecule has 1 spiro atoms. The Kier molecular flexibility index (Phi) is 8.54. The van der Waals surface area contributed by atoms with Gasteiger partial charge in [0.2, 0.25) is 0 Å². The lowest BCUT2D eigenvalue weighted by molar-refractivity contribution is -0.205. The number of rotatable bonds is 0. The highest BCUT2D eigenvalue weighted by Crippen LogP contribution is 2.32. The molecule has 0 bridgehead atoms. The van der Waals surface area contributed by atoms with Crippen LogP contribution in [0.1, 0.15) is 25.7 Å². The van der Waals surface area contributed by atoms with Crippen LogP contribution in [0.25, 0.3) is 0 Å². The van der Waals surface area contributed by atoms with Crippen molar-refractivity contribution >= 4 is 11.7 Å². The summed E-state index contributed by atoms with van der Waals surface area (Å²) >= 11 is 0. The number of halogens is 3. The number of nitrogens with zero attached hydrogens (tertiary/aromatic N) is 1. The van der Waals surface area contributed by atoms with Crippen LogP contribution in [-0.2, 0) is 19.1 Å². The van der Waals surface area contributed by atoms with Crippen molar-refractivity contribution in [2.24, 2.45) is 0 Å². The molecule has 0 atom stereocenters. The minimum atomic E-state index is -4.79. The number of ether oxygens (including phenoxy) is 2. The predicted octanol–water partition coefficient (Wildman–Crippen LogP) is 1.66. The van der Waals surface area contributed by atoms with E-state index in [1.54, 1.807) is 0 Å². The first kappa shape index (κ1) is 21.6. The van der Waals surface area contributed by atoms with Gasteiger partial charge in [0.25, 0.3) is 0 Å². The van der Waals surface area contributed by atoms with E-state index >= 15 is 0 Å². The van der Waals surface area contributed by atoms with Gasteiger partial charge in [-0.15, -0.1) is 13.2 Å². The minimum absolute atomic E-state index is 0.0261. The summed E-state index contributed by atoms with van der Waals surface area (Å²) < 4.78 is 47.2. The maximum absolute atomic E-state index is 12.1. The molecule has 0 aromatic rings. The summed E-state index contributed by atoms with van der Waals surface area (Å²) in [4.78, 5) is 22.2. The van der Waals surface area contributed by atoms with Crippen LogP contribution in [0.3, 0.4) is 0 Å². The molecular weight excluding hydrogens is 341 g/mol. The van der Waals surface area contributed by atoms with Gasteiger partial charge in [-0.2, -0.15) is 13.2 Å². The van der Waals surface area contributed by atoms with Crippen molar-refractivity contribution in [1.82, 2.24) is 10.2 Å². The summed E-state index contributed by atoms with van der Waals surface area (Å²) in [6.45, 7) is 8.76. The number of carbonyl (C=O) groups excluding carboxylic acids is 2. The zero-order valence-electron chi connectivity index (χ0n) is 14.2. The van der Waals surface area contributed by atoms with Crippen LogP contribution in [0.2, 0.25) is 0 Å². The van der Waals surface area contributed by atoms with Gasteiger partial charge in [0.1, 0.15) is 5.78 Å². The van der Waals surface area contributed by atoms with Crippen molar-refractivity contribution in [1.29, 1.82) is 0 Å². The van der Waals surface area contributed by atoms with E-state index in [2.05, 4.69) is 18.5 Å². The highest BCUT2D eigenvalue weighted by Gasteiger charge is 2.47. The summed E-state index contributed by atoms with van der Waals surface area (Å²) in [7, 11) is 0. The first-order chi connectivity index (χ1) is 11.8. The molecule has 3 heterocycles. The summed E-state index contributed by atoms with van der Waals surface area (Å²) in [6, 6.07) is 0. The van der Waals surface area contributed by atoms with Crippen molar-refractivity contribution in [3.05, 3.63) is 13.2 Å². The fourth-order valence-electron chi connectivity index (χ4n) is 2.72. The number of alkyl halides is 3. The second-order valence-corrected chi connectivity index (χ2v) is 5.69. The van der Waals surface area contributed by atoms with E-state index in [0.29, 0.717) is 31.8 Å². The zero-order chi connectivity index (χ0) is 18.9.